The van der Waals surface area contributed by atoms with E-state index in [0.717, 1.165) is 18.4 Å². The van der Waals surface area contributed by atoms with Crippen LogP contribution in [0.3, 0.4) is 0 Å². The molecule has 2 aliphatic rings. The normalized spacial score (nSPS) is 14.9. The number of nitrogens with zero attached hydrogens (tertiary/aromatic N) is 2. The first kappa shape index (κ1) is 21.7. The van der Waals surface area contributed by atoms with E-state index in [2.05, 4.69) is 10.3 Å². The van der Waals surface area contributed by atoms with Gasteiger partial charge < -0.3 is 19.2 Å². The number of fused-ring (bicyclic) bond motifs is 1. The van der Waals surface area contributed by atoms with Crippen LogP contribution >= 0.6 is 0 Å². The fourth-order valence-corrected chi connectivity index (χ4v) is 3.53. The molecule has 2 aromatic carbocycles. The number of ketones is 1. The average molecular weight is 461 g/mol. The van der Waals surface area contributed by atoms with Gasteiger partial charge in [-0.25, -0.2) is 4.98 Å². The summed E-state index contributed by atoms with van der Waals surface area (Å²) in [7, 11) is 0. The van der Waals surface area contributed by atoms with Crippen LogP contribution in [0, 0.1) is 6.92 Å². The molecule has 2 heterocycles. The number of aryl methyl sites for hydroxylation is 1. The molecule has 1 saturated carbocycles. The van der Waals surface area contributed by atoms with Gasteiger partial charge in [0.2, 0.25) is 5.89 Å². The van der Waals surface area contributed by atoms with Gasteiger partial charge in [0.15, 0.2) is 24.7 Å². The topological polar surface area (TPSA) is 111 Å². The molecule has 9 nitrogen and oxygen atoms in total. The molecule has 3 aromatic rings. The van der Waals surface area contributed by atoms with Crippen molar-refractivity contribution in [1.82, 2.24) is 10.3 Å². The number of aromatic nitrogens is 1. The van der Waals surface area contributed by atoms with Crippen molar-refractivity contribution in [3.8, 4) is 11.5 Å². The molecule has 174 valence electrons. The van der Waals surface area contributed by atoms with Crippen molar-refractivity contribution in [3.63, 3.8) is 0 Å². The summed E-state index contributed by atoms with van der Waals surface area (Å²) < 4.78 is 16.6. The zero-order valence-corrected chi connectivity index (χ0v) is 18.6. The molecule has 1 N–H and O–H groups in total. The molecular weight excluding hydrogens is 438 g/mol. The SMILES string of the molecule is Cc1ccc(OCC(=O)c2ccc3c(c2)N(Cc2nc(C(=O)NC4CC4)co2)C(=O)CO3)cc1. The minimum Gasteiger partial charge on any atom is -0.485 e. The maximum Gasteiger partial charge on any atom is 0.273 e. The number of carbonyl (C=O) groups excluding carboxylic acids is 3. The van der Waals surface area contributed by atoms with Gasteiger partial charge >= 0.3 is 0 Å². The van der Waals surface area contributed by atoms with E-state index in [1.54, 1.807) is 30.3 Å². The van der Waals surface area contributed by atoms with Crippen molar-refractivity contribution in [3.05, 3.63) is 71.4 Å². The molecule has 1 fully saturated rings. The molecule has 1 aliphatic carbocycles. The fourth-order valence-electron chi connectivity index (χ4n) is 3.53. The Morgan fingerprint density at radius 1 is 1.18 bits per heavy atom. The summed E-state index contributed by atoms with van der Waals surface area (Å²) in [6, 6.07) is 12.5. The lowest BCUT2D eigenvalue weighted by atomic mass is 10.1. The number of hydrogen-bond acceptors (Lipinski definition) is 7. The molecule has 34 heavy (non-hydrogen) atoms. The predicted octanol–water partition coefficient (Wildman–Crippen LogP) is 3.06. The highest BCUT2D eigenvalue weighted by Gasteiger charge is 2.29. The zero-order chi connectivity index (χ0) is 23.7. The molecule has 0 bridgehead atoms. The number of oxazole rings is 1. The Kier molecular flexibility index (Phi) is 5.75. The van der Waals surface area contributed by atoms with E-state index < -0.39 is 0 Å². The van der Waals surface area contributed by atoms with E-state index in [1.165, 1.54) is 11.2 Å². The number of ether oxygens (including phenoxy) is 2. The number of anilines is 1. The number of hydrogen-bond donors (Lipinski definition) is 1. The summed E-state index contributed by atoms with van der Waals surface area (Å²) in [6.45, 7) is 1.69. The highest BCUT2D eigenvalue weighted by atomic mass is 16.5. The van der Waals surface area contributed by atoms with Crippen molar-refractivity contribution in [2.75, 3.05) is 18.1 Å². The lowest BCUT2D eigenvalue weighted by molar-refractivity contribution is -0.121. The van der Waals surface area contributed by atoms with Crippen molar-refractivity contribution < 1.29 is 28.3 Å². The van der Waals surface area contributed by atoms with E-state index in [9.17, 15) is 14.4 Å². The fraction of sp³-hybridized carbons (Fsp3) is 0.280. The molecule has 0 spiro atoms. The number of nitrogens with one attached hydrogen (secondary N) is 1. The number of rotatable bonds is 8. The van der Waals surface area contributed by atoms with Gasteiger partial charge in [-0.1, -0.05) is 17.7 Å². The second kappa shape index (κ2) is 9.01. The quantitative estimate of drug-likeness (QED) is 0.513. The first-order chi connectivity index (χ1) is 16.5. The van der Waals surface area contributed by atoms with Crippen LogP contribution in [-0.2, 0) is 11.3 Å². The van der Waals surface area contributed by atoms with Gasteiger partial charge in [0.1, 0.15) is 24.3 Å². The second-order valence-electron chi connectivity index (χ2n) is 8.35. The Labute approximate surface area is 195 Å². The van der Waals surface area contributed by atoms with E-state index in [0.29, 0.717) is 22.7 Å². The average Bonchev–Trinajstić information content (AvgIpc) is 3.53. The largest absolute Gasteiger partial charge is 0.485 e. The van der Waals surface area contributed by atoms with Crippen LogP contribution in [0.1, 0.15) is 45.1 Å². The summed E-state index contributed by atoms with van der Waals surface area (Å²) in [5.74, 6) is 0.428. The summed E-state index contributed by atoms with van der Waals surface area (Å²) >= 11 is 0. The monoisotopic (exact) mass is 461 g/mol. The predicted molar refractivity (Wildman–Crippen MR) is 121 cm³/mol. The molecule has 0 saturated heterocycles. The Balaban J connectivity index is 1.30. The molecule has 0 unspecified atom stereocenters. The lowest BCUT2D eigenvalue weighted by Crippen LogP contribution is -2.38. The Morgan fingerprint density at radius 2 is 1.97 bits per heavy atom. The molecule has 0 atom stereocenters. The lowest BCUT2D eigenvalue weighted by Gasteiger charge is -2.28. The van der Waals surface area contributed by atoms with Crippen LogP contribution in [-0.4, -0.2) is 41.8 Å². The molecule has 5 rings (SSSR count). The van der Waals surface area contributed by atoms with Gasteiger partial charge in [0, 0.05) is 11.6 Å². The van der Waals surface area contributed by atoms with Crippen LogP contribution in [0.2, 0.25) is 0 Å². The molecular formula is C25H23N3O6. The van der Waals surface area contributed by atoms with Gasteiger partial charge in [0.05, 0.1) is 5.69 Å². The van der Waals surface area contributed by atoms with Crippen LogP contribution in [0.4, 0.5) is 5.69 Å². The molecule has 1 aliphatic heterocycles. The van der Waals surface area contributed by atoms with Crippen molar-refractivity contribution >= 4 is 23.3 Å². The van der Waals surface area contributed by atoms with Gasteiger partial charge in [-0.15, -0.1) is 0 Å². The van der Waals surface area contributed by atoms with Gasteiger partial charge in [-0.2, -0.15) is 0 Å². The Bertz CT molecular complexity index is 1250. The molecule has 1 aromatic heterocycles. The Morgan fingerprint density at radius 3 is 2.74 bits per heavy atom. The minimum atomic E-state index is -0.310. The van der Waals surface area contributed by atoms with E-state index in [-0.39, 0.29) is 55.0 Å². The van der Waals surface area contributed by atoms with Crippen molar-refractivity contribution in [2.45, 2.75) is 32.4 Å². The highest BCUT2D eigenvalue weighted by molar-refractivity contribution is 6.02. The van der Waals surface area contributed by atoms with Gasteiger partial charge in [-0.05, 0) is 50.1 Å². The third kappa shape index (κ3) is 4.78. The second-order valence-corrected chi connectivity index (χ2v) is 8.35. The number of Topliss-reactive ketones (excluding diaryl/α,β-unsaturated/α-hetero) is 1. The summed E-state index contributed by atoms with van der Waals surface area (Å²) in [5, 5.41) is 2.85. The molecule has 2 amide bonds. The molecule has 9 heteroatoms. The third-order valence-electron chi connectivity index (χ3n) is 5.61. The number of amides is 2. The first-order valence-corrected chi connectivity index (χ1v) is 11.0. The first-order valence-electron chi connectivity index (χ1n) is 11.0. The molecule has 0 radical (unpaired) electrons. The van der Waals surface area contributed by atoms with Crippen LogP contribution < -0.4 is 19.7 Å². The van der Waals surface area contributed by atoms with Gasteiger partial charge in [0.25, 0.3) is 11.8 Å². The zero-order valence-electron chi connectivity index (χ0n) is 18.6. The number of benzene rings is 2. The highest BCUT2D eigenvalue weighted by Crippen LogP contribution is 2.34. The van der Waals surface area contributed by atoms with Crippen LogP contribution in [0.25, 0.3) is 0 Å². The maximum absolute atomic E-state index is 12.7. The van der Waals surface area contributed by atoms with E-state index >= 15 is 0 Å². The number of carbonyl (C=O) groups is 3. The summed E-state index contributed by atoms with van der Waals surface area (Å²) in [6.07, 6.45) is 3.21. The van der Waals surface area contributed by atoms with E-state index in [4.69, 9.17) is 13.9 Å². The van der Waals surface area contributed by atoms with Gasteiger partial charge in [-0.3, -0.25) is 19.3 Å². The maximum atomic E-state index is 12.7. The van der Waals surface area contributed by atoms with Crippen LogP contribution in [0.15, 0.2) is 53.1 Å². The van der Waals surface area contributed by atoms with Crippen LogP contribution in [0.5, 0.6) is 11.5 Å². The Hall–Kier alpha value is -4.14. The van der Waals surface area contributed by atoms with Crippen molar-refractivity contribution in [1.29, 1.82) is 0 Å². The smallest absolute Gasteiger partial charge is 0.273 e. The van der Waals surface area contributed by atoms with E-state index in [1.807, 2.05) is 19.1 Å². The summed E-state index contributed by atoms with van der Waals surface area (Å²) in [5.41, 5.74) is 2.07. The minimum absolute atomic E-state index is 0.00339. The standard InChI is InChI=1S/C25H23N3O6/c1-15-2-7-18(8-3-15)32-13-21(29)16-4-9-22-20(10-16)28(24(30)14-33-22)11-23-27-19(12-34-23)25(31)26-17-5-6-17/h2-4,7-10,12,17H,5-6,11,13-14H2,1H3,(H,26,31). The van der Waals surface area contributed by atoms with Crippen molar-refractivity contribution in [2.24, 2.45) is 0 Å². The third-order valence-corrected chi connectivity index (χ3v) is 5.61. The summed E-state index contributed by atoms with van der Waals surface area (Å²) in [4.78, 5) is 43.2.